The first-order chi connectivity index (χ1) is 8.31. The molecule has 1 aliphatic rings. The molecule has 1 heterocycles. The zero-order valence-electron chi connectivity index (χ0n) is 11.2. The van der Waals surface area contributed by atoms with Crippen molar-refractivity contribution in [2.75, 3.05) is 13.1 Å². The van der Waals surface area contributed by atoms with Crippen molar-refractivity contribution in [1.82, 2.24) is 5.32 Å². The van der Waals surface area contributed by atoms with E-state index >= 15 is 0 Å². The smallest absolute Gasteiger partial charge is 0.00171 e. The lowest BCUT2D eigenvalue weighted by Crippen LogP contribution is -2.26. The molecule has 1 aromatic rings. The van der Waals surface area contributed by atoms with E-state index in [9.17, 15) is 0 Å². The highest BCUT2D eigenvalue weighted by Gasteiger charge is 2.25. The molecule has 1 aromatic heterocycles. The summed E-state index contributed by atoms with van der Waals surface area (Å²) in [5.41, 5.74) is 1.61. The van der Waals surface area contributed by atoms with Gasteiger partial charge in [0.25, 0.3) is 0 Å². The summed E-state index contributed by atoms with van der Waals surface area (Å²) in [7, 11) is 0. The summed E-state index contributed by atoms with van der Waals surface area (Å²) >= 11 is 1.91. The summed E-state index contributed by atoms with van der Waals surface area (Å²) in [6.07, 6.45) is 7.08. The van der Waals surface area contributed by atoms with E-state index in [-0.39, 0.29) is 0 Å². The minimum Gasteiger partial charge on any atom is -0.317 e. The van der Waals surface area contributed by atoms with Crippen LogP contribution in [0.3, 0.4) is 0 Å². The second kappa shape index (κ2) is 6.55. The molecule has 96 valence electrons. The number of rotatable bonds is 4. The maximum Gasteiger partial charge on any atom is 0.00171 e. The minimum absolute atomic E-state index is 0.807. The Balaban J connectivity index is 2.08. The summed E-state index contributed by atoms with van der Waals surface area (Å²) in [6.45, 7) is 6.74. The van der Waals surface area contributed by atoms with Crippen molar-refractivity contribution >= 4 is 11.3 Å². The molecule has 1 aliphatic carbocycles. The van der Waals surface area contributed by atoms with Gasteiger partial charge in [-0.05, 0) is 61.7 Å². The zero-order valence-corrected chi connectivity index (χ0v) is 12.0. The molecule has 2 heteroatoms. The zero-order chi connectivity index (χ0) is 12.1. The van der Waals surface area contributed by atoms with Crippen molar-refractivity contribution in [2.24, 2.45) is 5.92 Å². The number of aryl methyl sites for hydroxylation is 1. The molecule has 0 spiro atoms. The quantitative estimate of drug-likeness (QED) is 0.785. The number of hydrogen-bond acceptors (Lipinski definition) is 2. The van der Waals surface area contributed by atoms with Gasteiger partial charge in [0.05, 0.1) is 0 Å². The summed E-state index contributed by atoms with van der Waals surface area (Å²) in [4.78, 5) is 1.46. The van der Waals surface area contributed by atoms with Crippen LogP contribution in [0.25, 0.3) is 0 Å². The van der Waals surface area contributed by atoms with Crippen LogP contribution in [-0.4, -0.2) is 13.1 Å². The Labute approximate surface area is 110 Å². The van der Waals surface area contributed by atoms with E-state index in [1.54, 1.807) is 5.56 Å². The van der Waals surface area contributed by atoms with Crippen molar-refractivity contribution in [2.45, 2.75) is 51.9 Å². The first kappa shape index (κ1) is 13.1. The predicted octanol–water partition coefficient (Wildman–Crippen LogP) is 4.33. The van der Waals surface area contributed by atoms with Crippen LogP contribution < -0.4 is 5.32 Å². The van der Waals surface area contributed by atoms with Gasteiger partial charge in [-0.25, -0.2) is 0 Å². The molecule has 1 saturated carbocycles. The Bertz CT molecular complexity index is 331. The highest BCUT2D eigenvalue weighted by Crippen LogP contribution is 2.37. The Morgan fingerprint density at radius 1 is 1.29 bits per heavy atom. The largest absolute Gasteiger partial charge is 0.317 e. The molecule has 1 fully saturated rings. The van der Waals surface area contributed by atoms with Gasteiger partial charge < -0.3 is 5.32 Å². The predicted molar refractivity (Wildman–Crippen MR) is 76.9 cm³/mol. The van der Waals surface area contributed by atoms with E-state index < -0.39 is 0 Å². The molecular weight excluding hydrogens is 226 g/mol. The molecule has 2 rings (SSSR count). The van der Waals surface area contributed by atoms with E-state index in [2.05, 4.69) is 30.6 Å². The second-order valence-electron chi connectivity index (χ2n) is 5.30. The summed E-state index contributed by atoms with van der Waals surface area (Å²) in [6, 6.07) is 2.42. The lowest BCUT2D eigenvalue weighted by atomic mass is 9.83. The Morgan fingerprint density at radius 2 is 2.12 bits per heavy atom. The Hall–Kier alpha value is -0.340. The van der Waals surface area contributed by atoms with E-state index in [1.807, 2.05) is 11.3 Å². The third-order valence-corrected chi connectivity index (χ3v) is 4.87. The molecule has 0 aliphatic heterocycles. The fourth-order valence-corrected chi connectivity index (χ4v) is 3.82. The van der Waals surface area contributed by atoms with Gasteiger partial charge in [-0.3, -0.25) is 0 Å². The molecule has 2 unspecified atom stereocenters. The van der Waals surface area contributed by atoms with Crippen LogP contribution in [0.4, 0.5) is 0 Å². The van der Waals surface area contributed by atoms with Crippen molar-refractivity contribution in [1.29, 1.82) is 0 Å². The fraction of sp³-hybridized carbons (Fsp3) is 0.733. The van der Waals surface area contributed by atoms with E-state index in [0.29, 0.717) is 0 Å². The van der Waals surface area contributed by atoms with Crippen LogP contribution >= 0.6 is 11.3 Å². The monoisotopic (exact) mass is 251 g/mol. The molecule has 1 nitrogen and oxygen atoms in total. The van der Waals surface area contributed by atoms with Gasteiger partial charge >= 0.3 is 0 Å². The van der Waals surface area contributed by atoms with Gasteiger partial charge in [-0.1, -0.05) is 26.2 Å². The highest BCUT2D eigenvalue weighted by atomic mass is 32.1. The van der Waals surface area contributed by atoms with Gasteiger partial charge in [0.2, 0.25) is 0 Å². The average molecular weight is 251 g/mol. The van der Waals surface area contributed by atoms with Gasteiger partial charge in [-0.2, -0.15) is 0 Å². The van der Waals surface area contributed by atoms with Crippen molar-refractivity contribution in [3.05, 3.63) is 21.9 Å². The third kappa shape index (κ3) is 3.56. The summed E-state index contributed by atoms with van der Waals surface area (Å²) in [5.74, 6) is 1.66. The van der Waals surface area contributed by atoms with Crippen molar-refractivity contribution in [3.63, 3.8) is 0 Å². The van der Waals surface area contributed by atoms with Gasteiger partial charge in [-0.15, -0.1) is 11.3 Å². The molecule has 1 N–H and O–H groups in total. The normalized spacial score (nSPS) is 25.8. The lowest BCUT2D eigenvalue weighted by Gasteiger charge is -2.24. The van der Waals surface area contributed by atoms with Crippen molar-refractivity contribution < 1.29 is 0 Å². The Kier molecular flexibility index (Phi) is 5.05. The van der Waals surface area contributed by atoms with Crippen molar-refractivity contribution in [3.8, 4) is 0 Å². The van der Waals surface area contributed by atoms with E-state index in [4.69, 9.17) is 0 Å². The first-order valence-corrected chi connectivity index (χ1v) is 7.95. The number of hydrogen-bond donors (Lipinski definition) is 1. The van der Waals surface area contributed by atoms with E-state index in [1.165, 1.54) is 43.5 Å². The van der Waals surface area contributed by atoms with Crippen LogP contribution in [-0.2, 0) is 0 Å². The van der Waals surface area contributed by atoms with Gasteiger partial charge in [0, 0.05) is 4.88 Å². The van der Waals surface area contributed by atoms with Crippen LogP contribution in [0.15, 0.2) is 11.4 Å². The molecule has 17 heavy (non-hydrogen) atoms. The average Bonchev–Trinajstić information content (AvgIpc) is 2.63. The SMILES string of the molecule is CCNCC1CCCCCC1c1csc(C)c1. The first-order valence-electron chi connectivity index (χ1n) is 7.07. The molecule has 0 saturated heterocycles. The Morgan fingerprint density at radius 3 is 2.82 bits per heavy atom. The minimum atomic E-state index is 0.807. The van der Waals surface area contributed by atoms with Crippen LogP contribution in [0.1, 0.15) is 55.4 Å². The second-order valence-corrected chi connectivity index (χ2v) is 6.42. The maximum atomic E-state index is 3.56. The molecule has 0 amide bonds. The lowest BCUT2D eigenvalue weighted by molar-refractivity contribution is 0.379. The molecule has 0 bridgehead atoms. The number of nitrogens with one attached hydrogen (secondary N) is 1. The molecule has 2 atom stereocenters. The summed E-state index contributed by atoms with van der Waals surface area (Å²) in [5, 5.41) is 5.95. The van der Waals surface area contributed by atoms with E-state index in [0.717, 1.165) is 18.4 Å². The molecular formula is C15H25NS. The van der Waals surface area contributed by atoms with Gasteiger partial charge in [0.15, 0.2) is 0 Å². The highest BCUT2D eigenvalue weighted by molar-refractivity contribution is 7.10. The molecule has 0 aromatic carbocycles. The fourth-order valence-electron chi connectivity index (χ4n) is 3.06. The van der Waals surface area contributed by atoms with Crippen LogP contribution in [0.2, 0.25) is 0 Å². The number of thiophene rings is 1. The molecule has 0 radical (unpaired) electrons. The summed E-state index contributed by atoms with van der Waals surface area (Å²) < 4.78 is 0. The van der Waals surface area contributed by atoms with Gasteiger partial charge in [0.1, 0.15) is 0 Å². The maximum absolute atomic E-state index is 3.56. The third-order valence-electron chi connectivity index (χ3n) is 3.99. The topological polar surface area (TPSA) is 12.0 Å². The van der Waals surface area contributed by atoms with Crippen LogP contribution in [0, 0.1) is 12.8 Å². The standard InChI is InChI=1S/C15H25NS/c1-3-16-10-13-7-5-4-6-8-15(13)14-9-12(2)17-11-14/h9,11,13,15-16H,3-8,10H2,1-2H3. The van der Waals surface area contributed by atoms with Crippen LogP contribution in [0.5, 0.6) is 0 Å².